The van der Waals surface area contributed by atoms with Gasteiger partial charge in [-0.15, -0.1) is 5.10 Å². The maximum atomic E-state index is 11.3. The molecule has 0 radical (unpaired) electrons. The molecule has 33 heavy (non-hydrogen) atoms. The summed E-state index contributed by atoms with van der Waals surface area (Å²) in [7, 11) is 0. The molecule has 0 fully saturated rings. The fourth-order valence-electron chi connectivity index (χ4n) is 3.71. The van der Waals surface area contributed by atoms with E-state index in [1.807, 2.05) is 60.7 Å². The Morgan fingerprint density at radius 2 is 1.24 bits per heavy atom. The number of nitro groups is 1. The third-order valence-corrected chi connectivity index (χ3v) is 5.27. The molecule has 0 saturated carbocycles. The lowest BCUT2D eigenvalue weighted by atomic mass is 10.1. The molecule has 0 amide bonds. The van der Waals surface area contributed by atoms with Gasteiger partial charge in [0.05, 0.1) is 11.1 Å². The second-order valence-corrected chi connectivity index (χ2v) is 7.35. The SMILES string of the molecule is O=[N+]([O-])c1ccccc1-n1cc(-c2ccc(N(c3ccccc3)c3ccccc3)cc2)nn1. The number of hydrogen-bond donors (Lipinski definition) is 0. The molecular weight excluding hydrogens is 414 g/mol. The molecule has 7 heteroatoms. The van der Waals surface area contributed by atoms with E-state index in [9.17, 15) is 10.1 Å². The summed E-state index contributed by atoms with van der Waals surface area (Å²) in [4.78, 5) is 13.1. The van der Waals surface area contributed by atoms with Gasteiger partial charge in [-0.2, -0.15) is 0 Å². The van der Waals surface area contributed by atoms with Crippen LogP contribution in [0.1, 0.15) is 0 Å². The van der Waals surface area contributed by atoms with Crippen LogP contribution < -0.4 is 4.90 Å². The van der Waals surface area contributed by atoms with Gasteiger partial charge in [0.25, 0.3) is 5.69 Å². The van der Waals surface area contributed by atoms with Crippen LogP contribution in [0.25, 0.3) is 16.9 Å². The van der Waals surface area contributed by atoms with E-state index in [0.717, 1.165) is 22.6 Å². The van der Waals surface area contributed by atoms with Gasteiger partial charge in [-0.05, 0) is 42.5 Å². The van der Waals surface area contributed by atoms with E-state index in [2.05, 4.69) is 39.5 Å². The smallest absolute Gasteiger partial charge is 0.294 e. The molecule has 0 aliphatic carbocycles. The fourth-order valence-corrected chi connectivity index (χ4v) is 3.71. The maximum absolute atomic E-state index is 11.3. The highest BCUT2D eigenvalue weighted by molar-refractivity contribution is 5.77. The monoisotopic (exact) mass is 433 g/mol. The normalized spacial score (nSPS) is 10.7. The number of rotatable bonds is 6. The summed E-state index contributed by atoms with van der Waals surface area (Å²) in [6.07, 6.45) is 1.70. The van der Waals surface area contributed by atoms with E-state index in [4.69, 9.17) is 0 Å². The topological polar surface area (TPSA) is 77.1 Å². The van der Waals surface area contributed by atoms with E-state index in [1.165, 1.54) is 10.7 Å². The predicted molar refractivity (Wildman–Crippen MR) is 128 cm³/mol. The Bertz CT molecular complexity index is 1340. The number of para-hydroxylation sites is 4. The van der Waals surface area contributed by atoms with E-state index in [1.54, 1.807) is 24.4 Å². The van der Waals surface area contributed by atoms with E-state index in [0.29, 0.717) is 11.4 Å². The largest absolute Gasteiger partial charge is 0.311 e. The van der Waals surface area contributed by atoms with Gasteiger partial charge in [-0.25, -0.2) is 4.68 Å². The lowest BCUT2D eigenvalue weighted by Crippen LogP contribution is -2.09. The van der Waals surface area contributed by atoms with Crippen LogP contribution in [-0.2, 0) is 0 Å². The van der Waals surface area contributed by atoms with E-state index >= 15 is 0 Å². The summed E-state index contributed by atoms with van der Waals surface area (Å²) in [6.45, 7) is 0. The highest BCUT2D eigenvalue weighted by Crippen LogP contribution is 2.35. The minimum Gasteiger partial charge on any atom is -0.311 e. The summed E-state index contributed by atoms with van der Waals surface area (Å²) in [5.41, 5.74) is 4.96. The quantitative estimate of drug-likeness (QED) is 0.232. The lowest BCUT2D eigenvalue weighted by Gasteiger charge is -2.25. The molecule has 0 spiro atoms. The van der Waals surface area contributed by atoms with Gasteiger partial charge in [0, 0.05) is 28.7 Å². The molecule has 4 aromatic carbocycles. The molecule has 1 aromatic heterocycles. The minimum absolute atomic E-state index is 0.0225. The Morgan fingerprint density at radius 1 is 0.697 bits per heavy atom. The van der Waals surface area contributed by atoms with Gasteiger partial charge >= 0.3 is 0 Å². The van der Waals surface area contributed by atoms with Crippen LogP contribution in [0.4, 0.5) is 22.7 Å². The van der Waals surface area contributed by atoms with Crippen molar-refractivity contribution in [2.75, 3.05) is 4.90 Å². The molecule has 0 aliphatic rings. The highest BCUT2D eigenvalue weighted by Gasteiger charge is 2.17. The Labute approximate surface area is 190 Å². The fraction of sp³-hybridized carbons (Fsp3) is 0. The van der Waals surface area contributed by atoms with E-state index < -0.39 is 4.92 Å². The standard InChI is InChI=1S/C26H19N5O2/c32-31(33)26-14-8-7-13-25(26)29-19-24(27-28-29)20-15-17-23(18-16-20)30(21-9-3-1-4-10-21)22-11-5-2-6-12-22/h1-19H. The first kappa shape index (κ1) is 20.1. The number of benzene rings is 4. The summed E-state index contributed by atoms with van der Waals surface area (Å²) in [6, 6.07) is 34.8. The molecule has 0 aliphatic heterocycles. The molecule has 0 unspecified atom stereocenters. The number of nitro benzene ring substituents is 1. The first-order chi connectivity index (χ1) is 16.2. The van der Waals surface area contributed by atoms with Crippen molar-refractivity contribution >= 4 is 22.7 Å². The van der Waals surface area contributed by atoms with Crippen LogP contribution in [0.2, 0.25) is 0 Å². The molecule has 0 atom stereocenters. The molecule has 5 rings (SSSR count). The van der Waals surface area contributed by atoms with Crippen molar-refractivity contribution in [2.45, 2.75) is 0 Å². The second kappa shape index (κ2) is 8.76. The Hall–Kier alpha value is -4.78. The molecular formula is C26H19N5O2. The second-order valence-electron chi connectivity index (χ2n) is 7.35. The van der Waals surface area contributed by atoms with Crippen molar-refractivity contribution in [3.63, 3.8) is 0 Å². The zero-order chi connectivity index (χ0) is 22.6. The molecule has 160 valence electrons. The zero-order valence-corrected chi connectivity index (χ0v) is 17.5. The maximum Gasteiger partial charge on any atom is 0.294 e. The molecule has 0 saturated heterocycles. The number of aromatic nitrogens is 3. The first-order valence-corrected chi connectivity index (χ1v) is 10.4. The van der Waals surface area contributed by atoms with Crippen LogP contribution in [-0.4, -0.2) is 19.9 Å². The Balaban J connectivity index is 1.48. The third-order valence-electron chi connectivity index (χ3n) is 5.27. The van der Waals surface area contributed by atoms with Crippen molar-refractivity contribution in [3.8, 4) is 16.9 Å². The van der Waals surface area contributed by atoms with Crippen LogP contribution in [0.15, 0.2) is 115 Å². The van der Waals surface area contributed by atoms with Crippen LogP contribution in [0.3, 0.4) is 0 Å². The lowest BCUT2D eigenvalue weighted by molar-refractivity contribution is -0.384. The van der Waals surface area contributed by atoms with Crippen molar-refractivity contribution in [1.82, 2.24) is 15.0 Å². The third kappa shape index (κ3) is 4.07. The van der Waals surface area contributed by atoms with Crippen molar-refractivity contribution < 1.29 is 4.92 Å². The number of anilines is 3. The Kier molecular flexibility index (Phi) is 5.35. The van der Waals surface area contributed by atoms with Gasteiger partial charge in [-0.3, -0.25) is 10.1 Å². The molecule has 0 N–H and O–H groups in total. The van der Waals surface area contributed by atoms with Gasteiger partial charge in [-0.1, -0.05) is 65.9 Å². The molecule has 5 aromatic rings. The van der Waals surface area contributed by atoms with Gasteiger partial charge in [0.2, 0.25) is 0 Å². The summed E-state index contributed by atoms with van der Waals surface area (Å²) in [5.74, 6) is 0. The van der Waals surface area contributed by atoms with Gasteiger partial charge in [0.1, 0.15) is 11.4 Å². The summed E-state index contributed by atoms with van der Waals surface area (Å²) < 4.78 is 1.43. The van der Waals surface area contributed by atoms with Crippen molar-refractivity contribution in [3.05, 3.63) is 126 Å². The van der Waals surface area contributed by atoms with Crippen molar-refractivity contribution in [1.29, 1.82) is 0 Å². The Morgan fingerprint density at radius 3 is 1.85 bits per heavy atom. The van der Waals surface area contributed by atoms with Gasteiger partial charge < -0.3 is 4.90 Å². The average molecular weight is 433 g/mol. The summed E-state index contributed by atoms with van der Waals surface area (Å²) >= 11 is 0. The van der Waals surface area contributed by atoms with Gasteiger partial charge in [0.15, 0.2) is 0 Å². The van der Waals surface area contributed by atoms with Crippen LogP contribution in [0, 0.1) is 10.1 Å². The zero-order valence-electron chi connectivity index (χ0n) is 17.5. The first-order valence-electron chi connectivity index (χ1n) is 10.4. The van der Waals surface area contributed by atoms with Crippen molar-refractivity contribution in [2.24, 2.45) is 0 Å². The van der Waals surface area contributed by atoms with Crippen LogP contribution in [0.5, 0.6) is 0 Å². The predicted octanol–water partition coefficient (Wildman–Crippen LogP) is 6.31. The number of hydrogen-bond acceptors (Lipinski definition) is 5. The minimum atomic E-state index is -0.423. The molecule has 7 nitrogen and oxygen atoms in total. The average Bonchev–Trinajstić information content (AvgIpc) is 3.36. The molecule has 1 heterocycles. The van der Waals surface area contributed by atoms with Crippen LogP contribution >= 0.6 is 0 Å². The number of nitrogens with zero attached hydrogens (tertiary/aromatic N) is 5. The molecule has 0 bridgehead atoms. The summed E-state index contributed by atoms with van der Waals surface area (Å²) in [5, 5.41) is 19.7. The highest BCUT2D eigenvalue weighted by atomic mass is 16.6. The van der Waals surface area contributed by atoms with E-state index in [-0.39, 0.29) is 5.69 Å².